The number of amides is 1. The fraction of sp³-hybridized carbons (Fsp3) is 0.381. The van der Waals surface area contributed by atoms with Gasteiger partial charge in [-0.25, -0.2) is 9.78 Å². The van der Waals surface area contributed by atoms with Crippen molar-refractivity contribution in [3.63, 3.8) is 0 Å². The van der Waals surface area contributed by atoms with Gasteiger partial charge in [0, 0.05) is 6.20 Å². The molecule has 2 aromatic rings. The molecule has 1 aromatic heterocycles. The SMILES string of the molecule is COC(=O)c1ccc(C(=O)NC(c2ccccc2)C2CCCCC2)cn1. The molecule has 5 nitrogen and oxygen atoms in total. The highest BCUT2D eigenvalue weighted by molar-refractivity contribution is 5.95. The molecular weight excluding hydrogens is 328 g/mol. The zero-order chi connectivity index (χ0) is 18.4. The molecule has 26 heavy (non-hydrogen) atoms. The maximum absolute atomic E-state index is 12.8. The average Bonchev–Trinajstić information content (AvgIpc) is 2.72. The summed E-state index contributed by atoms with van der Waals surface area (Å²) in [5.74, 6) is -0.243. The average molecular weight is 352 g/mol. The van der Waals surface area contributed by atoms with Crippen LogP contribution < -0.4 is 5.32 Å². The van der Waals surface area contributed by atoms with Gasteiger partial charge < -0.3 is 10.1 Å². The minimum atomic E-state index is -0.513. The second kappa shape index (κ2) is 8.61. The van der Waals surface area contributed by atoms with Gasteiger partial charge in [0.1, 0.15) is 5.69 Å². The van der Waals surface area contributed by atoms with E-state index in [4.69, 9.17) is 0 Å². The van der Waals surface area contributed by atoms with E-state index in [1.54, 1.807) is 6.07 Å². The molecule has 1 fully saturated rings. The van der Waals surface area contributed by atoms with Crippen LogP contribution in [0.15, 0.2) is 48.7 Å². The lowest BCUT2D eigenvalue weighted by Crippen LogP contribution is -2.34. The number of benzene rings is 1. The number of carbonyl (C=O) groups is 2. The molecule has 0 saturated heterocycles. The van der Waals surface area contributed by atoms with Gasteiger partial charge in [-0.2, -0.15) is 0 Å². The number of nitrogens with one attached hydrogen (secondary N) is 1. The number of pyridine rings is 1. The second-order valence-electron chi connectivity index (χ2n) is 6.68. The van der Waals surface area contributed by atoms with Crippen LogP contribution in [0.2, 0.25) is 0 Å². The summed E-state index contributed by atoms with van der Waals surface area (Å²) in [7, 11) is 1.30. The summed E-state index contributed by atoms with van der Waals surface area (Å²) in [5.41, 5.74) is 1.76. The first-order valence-corrected chi connectivity index (χ1v) is 9.09. The van der Waals surface area contributed by atoms with E-state index in [2.05, 4.69) is 27.2 Å². The summed E-state index contributed by atoms with van der Waals surface area (Å²) in [5, 5.41) is 3.19. The molecule has 3 rings (SSSR count). The third-order valence-electron chi connectivity index (χ3n) is 4.99. The van der Waals surface area contributed by atoms with E-state index in [1.165, 1.54) is 38.6 Å². The highest BCUT2D eigenvalue weighted by Gasteiger charge is 2.27. The normalized spacial score (nSPS) is 15.9. The first-order valence-electron chi connectivity index (χ1n) is 9.09. The van der Waals surface area contributed by atoms with Crippen LogP contribution >= 0.6 is 0 Å². The highest BCUT2D eigenvalue weighted by Crippen LogP contribution is 2.34. The lowest BCUT2D eigenvalue weighted by atomic mass is 9.81. The number of hydrogen-bond donors (Lipinski definition) is 1. The van der Waals surface area contributed by atoms with Gasteiger partial charge in [0.15, 0.2) is 0 Å². The van der Waals surface area contributed by atoms with Crippen LogP contribution in [0, 0.1) is 5.92 Å². The highest BCUT2D eigenvalue weighted by atomic mass is 16.5. The summed E-state index contributed by atoms with van der Waals surface area (Å²) < 4.78 is 4.64. The van der Waals surface area contributed by atoms with Crippen molar-refractivity contribution in [3.05, 3.63) is 65.5 Å². The van der Waals surface area contributed by atoms with Crippen molar-refractivity contribution in [1.29, 1.82) is 0 Å². The van der Waals surface area contributed by atoms with E-state index < -0.39 is 5.97 Å². The number of aromatic nitrogens is 1. The molecule has 5 heteroatoms. The van der Waals surface area contributed by atoms with Crippen LogP contribution in [-0.4, -0.2) is 24.0 Å². The van der Waals surface area contributed by atoms with E-state index >= 15 is 0 Å². The van der Waals surface area contributed by atoms with Crippen LogP contribution in [0.4, 0.5) is 0 Å². The minimum Gasteiger partial charge on any atom is -0.464 e. The number of ether oxygens (including phenoxy) is 1. The summed E-state index contributed by atoms with van der Waals surface area (Å²) in [6, 6.07) is 13.2. The number of carbonyl (C=O) groups excluding carboxylic acids is 2. The van der Waals surface area contributed by atoms with Crippen molar-refractivity contribution in [2.75, 3.05) is 7.11 Å². The fourth-order valence-electron chi connectivity index (χ4n) is 3.58. The van der Waals surface area contributed by atoms with Crippen molar-refractivity contribution in [3.8, 4) is 0 Å². The molecule has 0 radical (unpaired) electrons. The Kier molecular flexibility index (Phi) is 6.00. The van der Waals surface area contributed by atoms with Crippen LogP contribution in [0.5, 0.6) is 0 Å². The number of nitrogens with zero attached hydrogens (tertiary/aromatic N) is 1. The van der Waals surface area contributed by atoms with Gasteiger partial charge in [0.2, 0.25) is 0 Å². The molecule has 1 aliphatic rings. The predicted octanol–water partition coefficient (Wildman–Crippen LogP) is 3.92. The number of methoxy groups -OCH3 is 1. The Labute approximate surface area is 153 Å². The Hall–Kier alpha value is -2.69. The lowest BCUT2D eigenvalue weighted by Gasteiger charge is -2.31. The largest absolute Gasteiger partial charge is 0.464 e. The van der Waals surface area contributed by atoms with Crippen molar-refractivity contribution in [2.45, 2.75) is 38.1 Å². The molecule has 136 valence electrons. The molecule has 1 N–H and O–H groups in total. The number of rotatable bonds is 5. The zero-order valence-corrected chi connectivity index (χ0v) is 15.0. The predicted molar refractivity (Wildman–Crippen MR) is 98.8 cm³/mol. The molecule has 0 spiro atoms. The molecule has 1 saturated carbocycles. The van der Waals surface area contributed by atoms with Gasteiger partial charge in [0.05, 0.1) is 18.7 Å². The topological polar surface area (TPSA) is 68.3 Å². The summed E-state index contributed by atoms with van der Waals surface area (Å²) in [6.45, 7) is 0. The van der Waals surface area contributed by atoms with E-state index in [0.29, 0.717) is 11.5 Å². The Balaban J connectivity index is 1.77. The van der Waals surface area contributed by atoms with Gasteiger partial charge >= 0.3 is 5.97 Å². The summed E-state index contributed by atoms with van der Waals surface area (Å²) >= 11 is 0. The molecule has 1 heterocycles. The van der Waals surface area contributed by atoms with Crippen LogP contribution in [0.3, 0.4) is 0 Å². The first kappa shape index (κ1) is 18.1. The van der Waals surface area contributed by atoms with E-state index in [1.807, 2.05) is 18.2 Å². The van der Waals surface area contributed by atoms with E-state index in [-0.39, 0.29) is 17.6 Å². The molecule has 0 aliphatic heterocycles. The zero-order valence-electron chi connectivity index (χ0n) is 15.0. The Bertz CT molecular complexity index is 738. The summed E-state index contributed by atoms with van der Waals surface area (Å²) in [4.78, 5) is 28.3. The van der Waals surface area contributed by atoms with Crippen molar-refractivity contribution >= 4 is 11.9 Å². The summed E-state index contributed by atoms with van der Waals surface area (Å²) in [6.07, 6.45) is 7.35. The van der Waals surface area contributed by atoms with Gasteiger partial charge in [-0.05, 0) is 36.5 Å². The monoisotopic (exact) mass is 352 g/mol. The van der Waals surface area contributed by atoms with Crippen LogP contribution in [0.25, 0.3) is 0 Å². The molecule has 1 aromatic carbocycles. The molecular formula is C21H24N2O3. The van der Waals surface area contributed by atoms with Crippen molar-refractivity contribution in [1.82, 2.24) is 10.3 Å². The Morgan fingerprint density at radius 2 is 1.81 bits per heavy atom. The van der Waals surface area contributed by atoms with Crippen LogP contribution in [-0.2, 0) is 4.74 Å². The van der Waals surface area contributed by atoms with Gasteiger partial charge in [-0.15, -0.1) is 0 Å². The lowest BCUT2D eigenvalue weighted by molar-refractivity contribution is 0.0593. The maximum atomic E-state index is 12.8. The molecule has 1 aliphatic carbocycles. The van der Waals surface area contributed by atoms with Gasteiger partial charge in [-0.3, -0.25) is 4.79 Å². The van der Waals surface area contributed by atoms with Crippen molar-refractivity contribution < 1.29 is 14.3 Å². The van der Waals surface area contributed by atoms with Gasteiger partial charge in [0.25, 0.3) is 5.91 Å². The second-order valence-corrected chi connectivity index (χ2v) is 6.68. The Morgan fingerprint density at radius 1 is 1.08 bits per heavy atom. The standard InChI is InChI=1S/C21H24N2O3/c1-26-21(25)18-13-12-17(14-22-18)20(24)23-19(15-8-4-2-5-9-15)16-10-6-3-7-11-16/h2,4-5,8-9,12-14,16,19H,3,6-7,10-11H2,1H3,(H,23,24). The molecule has 1 unspecified atom stereocenters. The number of hydrogen-bond acceptors (Lipinski definition) is 4. The third kappa shape index (κ3) is 4.28. The van der Waals surface area contributed by atoms with Crippen molar-refractivity contribution in [2.24, 2.45) is 5.92 Å². The molecule has 1 amide bonds. The quantitative estimate of drug-likeness (QED) is 0.828. The van der Waals surface area contributed by atoms with E-state index in [9.17, 15) is 9.59 Å². The minimum absolute atomic E-state index is 0.00992. The smallest absolute Gasteiger partial charge is 0.356 e. The molecule has 0 bridgehead atoms. The van der Waals surface area contributed by atoms with Crippen LogP contribution in [0.1, 0.15) is 64.6 Å². The number of esters is 1. The molecule has 1 atom stereocenters. The first-order chi connectivity index (χ1) is 12.7. The fourth-order valence-corrected chi connectivity index (χ4v) is 3.58. The maximum Gasteiger partial charge on any atom is 0.356 e. The third-order valence-corrected chi connectivity index (χ3v) is 4.99. The van der Waals surface area contributed by atoms with Gasteiger partial charge in [-0.1, -0.05) is 49.6 Å². The Morgan fingerprint density at radius 3 is 2.42 bits per heavy atom. The van der Waals surface area contributed by atoms with E-state index in [0.717, 1.165) is 18.4 Å².